The van der Waals surface area contributed by atoms with Crippen molar-refractivity contribution in [3.63, 3.8) is 0 Å². The van der Waals surface area contributed by atoms with Gasteiger partial charge in [-0.3, -0.25) is 0 Å². The molecule has 0 amide bonds. The van der Waals surface area contributed by atoms with Crippen molar-refractivity contribution in [1.82, 2.24) is 0 Å². The molecule has 1 atom stereocenters. The van der Waals surface area contributed by atoms with Crippen LogP contribution >= 0.6 is 23.2 Å². The van der Waals surface area contributed by atoms with Crippen molar-refractivity contribution >= 4 is 23.2 Å². The van der Waals surface area contributed by atoms with E-state index in [1.165, 1.54) is 16.7 Å². The lowest BCUT2D eigenvalue weighted by Gasteiger charge is -2.15. The molecule has 19 heavy (non-hydrogen) atoms. The molecule has 0 spiro atoms. The zero-order valence-electron chi connectivity index (χ0n) is 11.5. The first kappa shape index (κ1) is 14.4. The molecule has 0 saturated carbocycles. The van der Waals surface area contributed by atoms with Crippen LogP contribution in [0.4, 0.5) is 0 Å². The second-order valence-electron chi connectivity index (χ2n) is 5.08. The van der Waals surface area contributed by atoms with Gasteiger partial charge in [0.25, 0.3) is 0 Å². The number of hydrogen-bond acceptors (Lipinski definition) is 0. The summed E-state index contributed by atoms with van der Waals surface area (Å²) in [6, 6.07) is 12.5. The molecular weight excluding hydrogens is 275 g/mol. The first-order chi connectivity index (χ1) is 8.99. The smallest absolute Gasteiger partial charge is 0.0640 e. The van der Waals surface area contributed by atoms with Gasteiger partial charge in [0.1, 0.15) is 0 Å². The fourth-order valence-electron chi connectivity index (χ4n) is 2.24. The molecule has 2 aromatic rings. The second-order valence-corrected chi connectivity index (χ2v) is 5.98. The average molecular weight is 293 g/mol. The van der Waals surface area contributed by atoms with Gasteiger partial charge in [0.15, 0.2) is 0 Å². The first-order valence-corrected chi connectivity index (χ1v) is 7.25. The maximum atomic E-state index is 6.56. The van der Waals surface area contributed by atoms with Gasteiger partial charge in [-0.05, 0) is 49.4 Å². The highest BCUT2D eigenvalue weighted by atomic mass is 35.5. The summed E-state index contributed by atoms with van der Waals surface area (Å²) in [6.07, 6.45) is 0.804. The molecule has 0 fully saturated rings. The van der Waals surface area contributed by atoms with Gasteiger partial charge in [0, 0.05) is 5.02 Å². The van der Waals surface area contributed by atoms with Crippen LogP contribution in [0.25, 0.3) is 0 Å². The summed E-state index contributed by atoms with van der Waals surface area (Å²) in [6.45, 7) is 6.23. The van der Waals surface area contributed by atoms with Crippen LogP contribution in [0.3, 0.4) is 0 Å². The Morgan fingerprint density at radius 1 is 1.00 bits per heavy atom. The summed E-state index contributed by atoms with van der Waals surface area (Å²) in [5.41, 5.74) is 5.92. The number of benzene rings is 2. The van der Waals surface area contributed by atoms with Gasteiger partial charge in [-0.1, -0.05) is 53.6 Å². The lowest BCUT2D eigenvalue weighted by atomic mass is 9.97. The predicted molar refractivity (Wildman–Crippen MR) is 84.4 cm³/mol. The summed E-state index contributed by atoms with van der Waals surface area (Å²) in [5, 5.41) is 0.695. The SMILES string of the molecule is Cc1ccc(C)c(CC(Cl)c2cccc(C)c2Cl)c1. The minimum absolute atomic E-state index is 0.0899. The van der Waals surface area contributed by atoms with Crippen LogP contribution in [-0.2, 0) is 6.42 Å². The van der Waals surface area contributed by atoms with Gasteiger partial charge in [-0.15, -0.1) is 11.6 Å². The standard InChI is InChI=1S/C17H18Cl2/c1-11-7-8-12(2)14(9-11)10-16(18)15-6-4-5-13(3)17(15)19/h4-9,16H,10H2,1-3H3. The van der Waals surface area contributed by atoms with Crippen molar-refractivity contribution in [2.45, 2.75) is 32.6 Å². The van der Waals surface area contributed by atoms with E-state index in [1.807, 2.05) is 25.1 Å². The summed E-state index contributed by atoms with van der Waals surface area (Å²) in [5.74, 6) is 0. The zero-order chi connectivity index (χ0) is 14.0. The third-order valence-corrected chi connectivity index (χ3v) is 4.37. The first-order valence-electron chi connectivity index (χ1n) is 6.44. The molecule has 2 heteroatoms. The Kier molecular flexibility index (Phi) is 4.54. The van der Waals surface area contributed by atoms with Gasteiger partial charge >= 0.3 is 0 Å². The maximum absolute atomic E-state index is 6.56. The molecule has 0 saturated heterocycles. The van der Waals surface area contributed by atoms with Crippen LogP contribution in [0.2, 0.25) is 5.02 Å². The van der Waals surface area contributed by atoms with E-state index in [0.29, 0.717) is 0 Å². The lowest BCUT2D eigenvalue weighted by Crippen LogP contribution is -2.00. The molecule has 0 radical (unpaired) electrons. The Morgan fingerprint density at radius 3 is 2.47 bits per heavy atom. The van der Waals surface area contributed by atoms with Gasteiger partial charge < -0.3 is 0 Å². The number of rotatable bonds is 3. The molecule has 0 bridgehead atoms. The molecule has 0 aromatic heterocycles. The van der Waals surface area contributed by atoms with Crippen LogP contribution in [0.1, 0.15) is 33.2 Å². The zero-order valence-corrected chi connectivity index (χ0v) is 13.0. The summed E-state index contributed by atoms with van der Waals surface area (Å²) in [4.78, 5) is 0. The fraction of sp³-hybridized carbons (Fsp3) is 0.294. The minimum Gasteiger partial charge on any atom is -0.117 e. The van der Waals surface area contributed by atoms with Crippen molar-refractivity contribution in [3.8, 4) is 0 Å². The largest absolute Gasteiger partial charge is 0.117 e. The Morgan fingerprint density at radius 2 is 1.74 bits per heavy atom. The van der Waals surface area contributed by atoms with Crippen LogP contribution in [0.15, 0.2) is 36.4 Å². The summed E-state index contributed by atoms with van der Waals surface area (Å²) < 4.78 is 0. The van der Waals surface area contributed by atoms with Crippen LogP contribution < -0.4 is 0 Å². The minimum atomic E-state index is -0.0899. The van der Waals surface area contributed by atoms with Crippen molar-refractivity contribution in [2.75, 3.05) is 0 Å². The Bertz CT molecular complexity index is 588. The molecule has 100 valence electrons. The average Bonchev–Trinajstić information content (AvgIpc) is 2.37. The van der Waals surface area contributed by atoms with E-state index in [2.05, 4.69) is 32.0 Å². The topological polar surface area (TPSA) is 0 Å². The van der Waals surface area contributed by atoms with Crippen molar-refractivity contribution in [1.29, 1.82) is 0 Å². The highest BCUT2D eigenvalue weighted by molar-refractivity contribution is 6.33. The fourth-order valence-corrected chi connectivity index (χ4v) is 2.90. The molecule has 0 aliphatic heterocycles. The molecule has 1 unspecified atom stereocenters. The van der Waals surface area contributed by atoms with Crippen LogP contribution in [-0.4, -0.2) is 0 Å². The summed E-state index contributed by atoms with van der Waals surface area (Å²) in [7, 11) is 0. The van der Waals surface area contributed by atoms with Crippen molar-refractivity contribution in [3.05, 3.63) is 69.2 Å². The third-order valence-electron chi connectivity index (χ3n) is 3.46. The number of alkyl halides is 1. The van der Waals surface area contributed by atoms with E-state index in [4.69, 9.17) is 23.2 Å². The maximum Gasteiger partial charge on any atom is 0.0640 e. The summed E-state index contributed by atoms with van der Waals surface area (Å²) >= 11 is 12.9. The second kappa shape index (κ2) is 5.98. The van der Waals surface area contributed by atoms with E-state index in [1.54, 1.807) is 0 Å². The van der Waals surface area contributed by atoms with Gasteiger partial charge in [0.05, 0.1) is 5.38 Å². The molecule has 0 aliphatic carbocycles. The molecule has 2 rings (SSSR count). The van der Waals surface area contributed by atoms with E-state index < -0.39 is 0 Å². The molecular formula is C17H18Cl2. The van der Waals surface area contributed by atoms with Gasteiger partial charge in [-0.2, -0.15) is 0 Å². The number of hydrogen-bond donors (Lipinski definition) is 0. The Balaban J connectivity index is 2.28. The monoisotopic (exact) mass is 292 g/mol. The van der Waals surface area contributed by atoms with Crippen molar-refractivity contribution < 1.29 is 0 Å². The van der Waals surface area contributed by atoms with Gasteiger partial charge in [-0.25, -0.2) is 0 Å². The van der Waals surface area contributed by atoms with E-state index in [9.17, 15) is 0 Å². The lowest BCUT2D eigenvalue weighted by molar-refractivity contribution is 0.907. The van der Waals surface area contributed by atoms with E-state index in [0.717, 1.165) is 22.6 Å². The number of aryl methyl sites for hydroxylation is 3. The molecule has 0 aliphatic rings. The normalized spacial score (nSPS) is 12.5. The van der Waals surface area contributed by atoms with E-state index >= 15 is 0 Å². The quantitative estimate of drug-likeness (QED) is 0.628. The van der Waals surface area contributed by atoms with Crippen LogP contribution in [0.5, 0.6) is 0 Å². The molecule has 2 aromatic carbocycles. The Hall–Kier alpha value is -0.980. The number of halogens is 2. The van der Waals surface area contributed by atoms with Gasteiger partial charge in [0.2, 0.25) is 0 Å². The van der Waals surface area contributed by atoms with Crippen LogP contribution in [0, 0.1) is 20.8 Å². The molecule has 0 nitrogen and oxygen atoms in total. The Labute approximate surface area is 125 Å². The highest BCUT2D eigenvalue weighted by Crippen LogP contribution is 2.33. The molecule has 0 N–H and O–H groups in total. The van der Waals surface area contributed by atoms with Crippen molar-refractivity contribution in [2.24, 2.45) is 0 Å². The highest BCUT2D eigenvalue weighted by Gasteiger charge is 2.14. The predicted octanol–water partition coefficient (Wildman–Crippen LogP) is 5.79. The third kappa shape index (κ3) is 3.32. The van der Waals surface area contributed by atoms with E-state index in [-0.39, 0.29) is 5.38 Å². The molecule has 0 heterocycles.